The molecule has 29 heavy (non-hydrogen) atoms. The number of H-pyrrole nitrogens is 2. The van der Waals surface area contributed by atoms with Crippen molar-refractivity contribution < 1.29 is 4.79 Å². The quantitative estimate of drug-likeness (QED) is 0.595. The van der Waals surface area contributed by atoms with Gasteiger partial charge in [-0.3, -0.25) is 9.89 Å². The number of aromatic nitrogens is 3. The number of carbonyl (C=O) groups excluding carboxylic acids is 1. The third-order valence-corrected chi connectivity index (χ3v) is 5.71. The van der Waals surface area contributed by atoms with E-state index in [1.165, 1.54) is 0 Å². The molecule has 2 aromatic heterocycles. The van der Waals surface area contributed by atoms with Crippen molar-refractivity contribution >= 4 is 16.8 Å². The Labute approximate surface area is 170 Å². The predicted molar refractivity (Wildman–Crippen MR) is 118 cm³/mol. The Kier molecular flexibility index (Phi) is 5.21. The van der Waals surface area contributed by atoms with Crippen molar-refractivity contribution in [2.24, 2.45) is 0 Å². The first-order valence-electron chi connectivity index (χ1n) is 10.0. The second-order valence-corrected chi connectivity index (χ2v) is 7.41. The topological polar surface area (TPSA) is 64.8 Å². The van der Waals surface area contributed by atoms with Crippen LogP contribution in [0, 0.1) is 6.92 Å². The fourth-order valence-corrected chi connectivity index (χ4v) is 4.20. The molecular weight excluding hydrogens is 360 g/mol. The van der Waals surface area contributed by atoms with Crippen molar-refractivity contribution in [3.8, 4) is 11.1 Å². The third kappa shape index (κ3) is 3.44. The van der Waals surface area contributed by atoms with E-state index in [-0.39, 0.29) is 11.9 Å². The van der Waals surface area contributed by atoms with Crippen molar-refractivity contribution in [1.29, 1.82) is 0 Å². The number of benzene rings is 1. The minimum Gasteiger partial charge on any atom is -0.360 e. The number of nitrogens with zero attached hydrogens (tertiary/aromatic N) is 2. The summed E-state index contributed by atoms with van der Waals surface area (Å²) in [5.74, 6) is 0.0809. The molecule has 0 aliphatic carbocycles. The van der Waals surface area contributed by atoms with E-state index in [9.17, 15) is 4.79 Å². The van der Waals surface area contributed by atoms with E-state index in [1.807, 2.05) is 43.3 Å². The third-order valence-electron chi connectivity index (χ3n) is 5.71. The van der Waals surface area contributed by atoms with Gasteiger partial charge in [-0.05, 0) is 43.9 Å². The number of rotatable bonds is 5. The summed E-state index contributed by atoms with van der Waals surface area (Å²) in [6, 6.07) is 6.27. The van der Waals surface area contributed by atoms with Crippen LogP contribution in [0.4, 0.5) is 0 Å². The molecule has 0 bridgehead atoms. The lowest BCUT2D eigenvalue weighted by molar-refractivity contribution is 0.0759. The highest BCUT2D eigenvalue weighted by Gasteiger charge is 2.32. The van der Waals surface area contributed by atoms with Crippen molar-refractivity contribution in [3.05, 3.63) is 78.3 Å². The van der Waals surface area contributed by atoms with Gasteiger partial charge in [0.1, 0.15) is 0 Å². The monoisotopic (exact) mass is 386 g/mol. The van der Waals surface area contributed by atoms with Gasteiger partial charge in [0.25, 0.3) is 5.91 Å². The normalized spacial score (nSPS) is 17.5. The molecule has 3 aromatic rings. The van der Waals surface area contributed by atoms with Gasteiger partial charge in [0.15, 0.2) is 0 Å². The Balaban J connectivity index is 1.66. The molecule has 1 fully saturated rings. The largest absolute Gasteiger partial charge is 0.360 e. The molecule has 0 saturated carbocycles. The zero-order valence-electron chi connectivity index (χ0n) is 16.9. The van der Waals surface area contributed by atoms with E-state index in [0.29, 0.717) is 0 Å². The smallest absolute Gasteiger partial charge is 0.256 e. The minimum absolute atomic E-state index is 0.0809. The lowest BCUT2D eigenvalue weighted by Gasteiger charge is -2.25. The standard InChI is InChI=1S/C24H26N4O/c1-4-6-8-17(5-2)23-9-7-12-28(23)24(29)21-14-25-22-13-18(10-11-19(21)22)20-15-26-27-16(20)3/h4-6,8,10-11,13-15,23,25H,1,7,9,12H2,2-3H3,(H,26,27)/b8-6-,17-5+. The van der Waals surface area contributed by atoms with Crippen LogP contribution in [0.15, 0.2) is 67.0 Å². The molecule has 4 rings (SSSR count). The number of likely N-dealkylation sites (tertiary alicyclic amines) is 1. The van der Waals surface area contributed by atoms with E-state index in [1.54, 1.807) is 6.08 Å². The van der Waals surface area contributed by atoms with Crippen LogP contribution in [0.2, 0.25) is 0 Å². The minimum atomic E-state index is 0.0809. The molecular formula is C24H26N4O. The molecule has 2 N–H and O–H groups in total. The first-order chi connectivity index (χ1) is 14.1. The van der Waals surface area contributed by atoms with Gasteiger partial charge in [0.2, 0.25) is 0 Å². The fraction of sp³-hybridized carbons (Fsp3) is 0.250. The number of aryl methyl sites for hydroxylation is 1. The van der Waals surface area contributed by atoms with E-state index in [4.69, 9.17) is 0 Å². The average Bonchev–Trinajstić information content (AvgIpc) is 3.47. The summed E-state index contributed by atoms with van der Waals surface area (Å²) in [5, 5.41) is 8.03. The van der Waals surface area contributed by atoms with Crippen molar-refractivity contribution in [3.63, 3.8) is 0 Å². The van der Waals surface area contributed by atoms with Crippen LogP contribution in [0.3, 0.4) is 0 Å². The Bertz CT molecular complexity index is 1120. The predicted octanol–water partition coefficient (Wildman–Crippen LogP) is 5.16. The highest BCUT2D eigenvalue weighted by Crippen LogP contribution is 2.31. The first kappa shape index (κ1) is 19.0. The number of fused-ring (bicyclic) bond motifs is 1. The van der Waals surface area contributed by atoms with E-state index < -0.39 is 0 Å². The molecule has 1 aliphatic rings. The summed E-state index contributed by atoms with van der Waals surface area (Å²) >= 11 is 0. The number of hydrogen-bond acceptors (Lipinski definition) is 2. The van der Waals surface area contributed by atoms with Crippen LogP contribution < -0.4 is 0 Å². The lowest BCUT2D eigenvalue weighted by atomic mass is 10.0. The molecule has 5 heteroatoms. The molecule has 148 valence electrons. The van der Waals surface area contributed by atoms with Crippen LogP contribution in [-0.2, 0) is 0 Å². The number of aromatic amines is 2. The summed E-state index contributed by atoms with van der Waals surface area (Å²) in [4.78, 5) is 18.7. The highest BCUT2D eigenvalue weighted by molar-refractivity contribution is 6.07. The number of carbonyl (C=O) groups is 1. The fourth-order valence-electron chi connectivity index (χ4n) is 4.20. The van der Waals surface area contributed by atoms with Crippen LogP contribution in [0.5, 0.6) is 0 Å². The molecule has 1 saturated heterocycles. The summed E-state index contributed by atoms with van der Waals surface area (Å²) < 4.78 is 0. The summed E-state index contributed by atoms with van der Waals surface area (Å²) in [7, 11) is 0. The van der Waals surface area contributed by atoms with Crippen LogP contribution in [-0.4, -0.2) is 38.6 Å². The van der Waals surface area contributed by atoms with Gasteiger partial charge >= 0.3 is 0 Å². The summed E-state index contributed by atoms with van der Waals surface area (Å²) in [6.45, 7) is 8.55. The van der Waals surface area contributed by atoms with Crippen molar-refractivity contribution in [2.45, 2.75) is 32.7 Å². The van der Waals surface area contributed by atoms with Crippen molar-refractivity contribution in [2.75, 3.05) is 6.54 Å². The Morgan fingerprint density at radius 2 is 2.24 bits per heavy atom. The Hall–Kier alpha value is -3.34. The first-order valence-corrected chi connectivity index (χ1v) is 10.0. The van der Waals surface area contributed by atoms with E-state index >= 15 is 0 Å². The van der Waals surface area contributed by atoms with Crippen molar-refractivity contribution in [1.82, 2.24) is 20.1 Å². The zero-order valence-corrected chi connectivity index (χ0v) is 16.9. The van der Waals surface area contributed by atoms with Crippen LogP contribution in [0.25, 0.3) is 22.0 Å². The van der Waals surface area contributed by atoms with Gasteiger partial charge in [-0.1, -0.05) is 43.0 Å². The van der Waals surface area contributed by atoms with Gasteiger partial charge in [0, 0.05) is 34.9 Å². The molecule has 0 spiro atoms. The van der Waals surface area contributed by atoms with Gasteiger partial charge in [-0.25, -0.2) is 0 Å². The van der Waals surface area contributed by atoms with E-state index in [2.05, 4.69) is 46.0 Å². The zero-order chi connectivity index (χ0) is 20.4. The summed E-state index contributed by atoms with van der Waals surface area (Å²) in [5.41, 5.74) is 6.02. The molecule has 1 aromatic carbocycles. The van der Waals surface area contributed by atoms with Crippen LogP contribution >= 0.6 is 0 Å². The molecule has 5 nitrogen and oxygen atoms in total. The van der Waals surface area contributed by atoms with Gasteiger partial charge in [-0.15, -0.1) is 0 Å². The maximum atomic E-state index is 13.4. The van der Waals surface area contributed by atoms with Gasteiger partial charge in [0.05, 0.1) is 17.8 Å². The molecule has 0 radical (unpaired) electrons. The molecule has 1 amide bonds. The van der Waals surface area contributed by atoms with Gasteiger partial charge in [-0.2, -0.15) is 5.10 Å². The molecule has 3 heterocycles. The highest BCUT2D eigenvalue weighted by atomic mass is 16.2. The van der Waals surface area contributed by atoms with Gasteiger partial charge < -0.3 is 9.88 Å². The second kappa shape index (κ2) is 7.95. The number of nitrogens with one attached hydrogen (secondary N) is 2. The van der Waals surface area contributed by atoms with E-state index in [0.717, 1.165) is 58.2 Å². The lowest BCUT2D eigenvalue weighted by Crippen LogP contribution is -2.36. The number of allylic oxidation sites excluding steroid dienone is 3. The maximum absolute atomic E-state index is 13.4. The Morgan fingerprint density at radius 1 is 1.38 bits per heavy atom. The SMILES string of the molecule is C=C/C=C\C(=C/C)C1CCCN1C(=O)c1c[nH]c2cc(-c3cn[nH]c3C)ccc12. The molecule has 1 unspecified atom stereocenters. The second-order valence-electron chi connectivity index (χ2n) is 7.41. The Morgan fingerprint density at radius 3 is 2.97 bits per heavy atom. The summed E-state index contributed by atoms with van der Waals surface area (Å²) in [6.07, 6.45) is 13.5. The molecule has 1 atom stereocenters. The molecule has 1 aliphatic heterocycles. The van der Waals surface area contributed by atoms with Crippen LogP contribution in [0.1, 0.15) is 35.8 Å². The number of amides is 1. The number of hydrogen-bond donors (Lipinski definition) is 2. The average molecular weight is 386 g/mol. The maximum Gasteiger partial charge on any atom is 0.256 e.